The normalized spacial score (nSPS) is 18.3. The summed E-state index contributed by atoms with van der Waals surface area (Å²) in [4.78, 5) is 27.2. The number of nitrogens with two attached hydrogens (primary N) is 2. The van der Waals surface area contributed by atoms with Gasteiger partial charge in [0.15, 0.2) is 0 Å². The maximum absolute atomic E-state index is 12.3. The summed E-state index contributed by atoms with van der Waals surface area (Å²) in [5, 5.41) is 0. The summed E-state index contributed by atoms with van der Waals surface area (Å²) in [6, 6.07) is 0. The van der Waals surface area contributed by atoms with Gasteiger partial charge in [0.2, 0.25) is 11.8 Å². The van der Waals surface area contributed by atoms with Gasteiger partial charge in [0.1, 0.15) is 0 Å². The second-order valence-electron chi connectivity index (χ2n) is 5.87. The van der Waals surface area contributed by atoms with Crippen LogP contribution in [0, 0.1) is 5.92 Å². The van der Waals surface area contributed by atoms with E-state index in [-0.39, 0.29) is 18.4 Å². The largest absolute Gasteiger partial charge is 0.369 e. The second kappa shape index (κ2) is 9.73. The van der Waals surface area contributed by atoms with E-state index in [0.29, 0.717) is 25.4 Å². The minimum absolute atomic E-state index is 0.228. The monoisotopic (exact) mass is 298 g/mol. The Morgan fingerprint density at radius 2 is 1.90 bits per heavy atom. The molecule has 21 heavy (non-hydrogen) atoms. The third-order valence-corrected chi connectivity index (χ3v) is 4.24. The Balaban J connectivity index is 2.35. The summed E-state index contributed by atoms with van der Waals surface area (Å²) in [5.74, 6) is 0.478. The smallest absolute Gasteiger partial charge is 0.231 e. The van der Waals surface area contributed by atoms with Crippen molar-refractivity contribution >= 4 is 11.8 Å². The van der Waals surface area contributed by atoms with Gasteiger partial charge in [-0.2, -0.15) is 0 Å². The fourth-order valence-corrected chi connectivity index (χ4v) is 2.87. The van der Waals surface area contributed by atoms with Crippen molar-refractivity contribution in [2.75, 3.05) is 39.3 Å². The van der Waals surface area contributed by atoms with E-state index in [2.05, 4.69) is 6.92 Å². The molecule has 0 aromatic carbocycles. The second-order valence-corrected chi connectivity index (χ2v) is 5.87. The predicted octanol–water partition coefficient (Wildman–Crippen LogP) is 0.161. The maximum atomic E-state index is 12.3. The van der Waals surface area contributed by atoms with Gasteiger partial charge in [0.05, 0.1) is 6.54 Å². The molecule has 0 radical (unpaired) electrons. The van der Waals surface area contributed by atoms with Crippen LogP contribution in [0.2, 0.25) is 0 Å². The zero-order valence-electron chi connectivity index (χ0n) is 13.2. The molecule has 2 amide bonds. The molecule has 1 atom stereocenters. The number of carbonyl (C=O) groups excluding carboxylic acids is 2. The molecule has 4 N–H and O–H groups in total. The molecule has 1 aliphatic rings. The van der Waals surface area contributed by atoms with Crippen molar-refractivity contribution in [1.29, 1.82) is 0 Å². The molecular formula is C15H30N4O2. The highest BCUT2D eigenvalue weighted by Gasteiger charge is 2.20. The SMILES string of the molecule is CCC(CCN)CCC(=O)N1CCCN(CC(N)=O)CC1. The lowest BCUT2D eigenvalue weighted by Crippen LogP contribution is -2.38. The quantitative estimate of drug-likeness (QED) is 0.667. The summed E-state index contributed by atoms with van der Waals surface area (Å²) >= 11 is 0. The Morgan fingerprint density at radius 1 is 1.14 bits per heavy atom. The highest BCUT2D eigenvalue weighted by Crippen LogP contribution is 2.16. The lowest BCUT2D eigenvalue weighted by molar-refractivity contribution is -0.131. The van der Waals surface area contributed by atoms with E-state index < -0.39 is 0 Å². The van der Waals surface area contributed by atoms with Crippen LogP contribution >= 0.6 is 0 Å². The van der Waals surface area contributed by atoms with Gasteiger partial charge in [-0.15, -0.1) is 0 Å². The molecule has 0 saturated carbocycles. The minimum Gasteiger partial charge on any atom is -0.369 e. The molecule has 0 aromatic rings. The predicted molar refractivity (Wildman–Crippen MR) is 83.5 cm³/mol. The molecule has 1 heterocycles. The molecule has 122 valence electrons. The average molecular weight is 298 g/mol. The third kappa shape index (κ3) is 6.91. The summed E-state index contributed by atoms with van der Waals surface area (Å²) < 4.78 is 0. The molecule has 0 aromatic heterocycles. The Labute approximate surface area is 127 Å². The van der Waals surface area contributed by atoms with Crippen LogP contribution < -0.4 is 11.5 Å². The molecule has 1 fully saturated rings. The van der Waals surface area contributed by atoms with E-state index in [4.69, 9.17) is 11.5 Å². The first-order valence-corrected chi connectivity index (χ1v) is 8.05. The first-order chi connectivity index (χ1) is 10.1. The topological polar surface area (TPSA) is 92.7 Å². The molecule has 1 unspecified atom stereocenters. The molecule has 6 nitrogen and oxygen atoms in total. The first-order valence-electron chi connectivity index (χ1n) is 8.05. The molecule has 1 saturated heterocycles. The maximum Gasteiger partial charge on any atom is 0.231 e. The Morgan fingerprint density at radius 3 is 2.52 bits per heavy atom. The van der Waals surface area contributed by atoms with E-state index in [0.717, 1.165) is 45.3 Å². The summed E-state index contributed by atoms with van der Waals surface area (Å²) in [7, 11) is 0. The van der Waals surface area contributed by atoms with Gasteiger partial charge in [-0.3, -0.25) is 14.5 Å². The van der Waals surface area contributed by atoms with E-state index in [1.165, 1.54) is 0 Å². The highest BCUT2D eigenvalue weighted by atomic mass is 16.2. The number of nitrogens with zero attached hydrogens (tertiary/aromatic N) is 2. The molecular weight excluding hydrogens is 268 g/mol. The van der Waals surface area contributed by atoms with E-state index in [9.17, 15) is 9.59 Å². The van der Waals surface area contributed by atoms with Crippen molar-refractivity contribution in [3.63, 3.8) is 0 Å². The van der Waals surface area contributed by atoms with Crippen molar-refractivity contribution in [3.05, 3.63) is 0 Å². The zero-order valence-corrected chi connectivity index (χ0v) is 13.2. The fraction of sp³-hybridized carbons (Fsp3) is 0.867. The van der Waals surface area contributed by atoms with E-state index in [1.54, 1.807) is 0 Å². The van der Waals surface area contributed by atoms with E-state index >= 15 is 0 Å². The van der Waals surface area contributed by atoms with Crippen LogP contribution in [0.15, 0.2) is 0 Å². The number of hydrogen-bond acceptors (Lipinski definition) is 4. The third-order valence-electron chi connectivity index (χ3n) is 4.24. The number of hydrogen-bond donors (Lipinski definition) is 2. The van der Waals surface area contributed by atoms with Gasteiger partial charge in [0, 0.05) is 32.6 Å². The molecule has 1 rings (SSSR count). The summed E-state index contributed by atoms with van der Waals surface area (Å²) in [6.45, 7) is 6.17. The van der Waals surface area contributed by atoms with Crippen LogP contribution in [-0.4, -0.2) is 60.9 Å². The van der Waals surface area contributed by atoms with Gasteiger partial charge in [-0.25, -0.2) is 0 Å². The van der Waals surface area contributed by atoms with Crippen LogP contribution in [0.5, 0.6) is 0 Å². The number of amides is 2. The van der Waals surface area contributed by atoms with Crippen molar-refractivity contribution in [2.45, 2.75) is 39.0 Å². The molecule has 1 aliphatic heterocycles. The van der Waals surface area contributed by atoms with Crippen LogP contribution in [0.4, 0.5) is 0 Å². The Bertz CT molecular complexity index is 336. The fourth-order valence-electron chi connectivity index (χ4n) is 2.87. The Kier molecular flexibility index (Phi) is 8.30. The lowest BCUT2D eigenvalue weighted by Gasteiger charge is -2.22. The van der Waals surface area contributed by atoms with Crippen LogP contribution in [0.25, 0.3) is 0 Å². The van der Waals surface area contributed by atoms with Crippen LogP contribution in [0.1, 0.15) is 39.0 Å². The van der Waals surface area contributed by atoms with Gasteiger partial charge >= 0.3 is 0 Å². The summed E-state index contributed by atoms with van der Waals surface area (Å²) in [5.41, 5.74) is 10.8. The average Bonchev–Trinajstić information content (AvgIpc) is 2.68. The van der Waals surface area contributed by atoms with Gasteiger partial charge in [0.25, 0.3) is 0 Å². The van der Waals surface area contributed by atoms with Crippen molar-refractivity contribution < 1.29 is 9.59 Å². The minimum atomic E-state index is -0.303. The van der Waals surface area contributed by atoms with Gasteiger partial charge in [-0.1, -0.05) is 13.3 Å². The molecule has 0 bridgehead atoms. The lowest BCUT2D eigenvalue weighted by atomic mass is 9.96. The zero-order chi connectivity index (χ0) is 15.7. The number of primary amides is 1. The van der Waals surface area contributed by atoms with Gasteiger partial charge in [-0.05, 0) is 31.7 Å². The van der Waals surface area contributed by atoms with Gasteiger partial charge < -0.3 is 16.4 Å². The molecule has 0 aliphatic carbocycles. The van der Waals surface area contributed by atoms with Crippen LogP contribution in [-0.2, 0) is 9.59 Å². The molecule has 0 spiro atoms. The van der Waals surface area contributed by atoms with Crippen molar-refractivity contribution in [2.24, 2.45) is 17.4 Å². The number of carbonyl (C=O) groups is 2. The molecule has 6 heteroatoms. The Hall–Kier alpha value is -1.14. The van der Waals surface area contributed by atoms with E-state index in [1.807, 2.05) is 9.80 Å². The van der Waals surface area contributed by atoms with Crippen molar-refractivity contribution in [1.82, 2.24) is 9.80 Å². The van der Waals surface area contributed by atoms with Crippen molar-refractivity contribution in [3.8, 4) is 0 Å². The summed E-state index contributed by atoms with van der Waals surface area (Å²) in [6.07, 6.45) is 4.51. The number of rotatable bonds is 8. The standard InChI is InChI=1S/C15H30N4O2/c1-2-13(6-7-16)4-5-15(21)19-9-3-8-18(10-11-19)12-14(17)20/h13H,2-12,16H2,1H3,(H2,17,20). The first kappa shape index (κ1) is 17.9. The van der Waals surface area contributed by atoms with Crippen LogP contribution in [0.3, 0.4) is 0 Å². The highest BCUT2D eigenvalue weighted by molar-refractivity contribution is 5.76.